The van der Waals surface area contributed by atoms with Gasteiger partial charge in [0.05, 0.1) is 30.1 Å². The van der Waals surface area contributed by atoms with E-state index in [0.717, 1.165) is 10.5 Å². The number of phenols is 1. The van der Waals surface area contributed by atoms with Gasteiger partial charge in [-0.3, -0.25) is 29.0 Å². The Morgan fingerprint density at radius 3 is 2.39 bits per heavy atom. The van der Waals surface area contributed by atoms with Crippen molar-refractivity contribution in [2.75, 3.05) is 17.5 Å². The van der Waals surface area contributed by atoms with Crippen molar-refractivity contribution in [3.05, 3.63) is 71.8 Å². The lowest BCUT2D eigenvalue weighted by Crippen LogP contribution is -2.60. The Bertz CT molecular complexity index is 1560. The van der Waals surface area contributed by atoms with Crippen LogP contribution in [0.15, 0.2) is 60.7 Å². The number of aromatic hydroxyl groups is 1. The molecule has 0 unspecified atom stereocenters. The lowest BCUT2D eigenvalue weighted by Gasteiger charge is -2.50. The van der Waals surface area contributed by atoms with Gasteiger partial charge in [-0.25, -0.2) is 0 Å². The number of benzene rings is 2. The number of nitrogens with zero attached hydrogens (tertiary/aromatic N) is 2. The summed E-state index contributed by atoms with van der Waals surface area (Å²) in [5.41, 5.74) is 2.02. The maximum atomic E-state index is 14.0. The molecule has 6 atom stereocenters. The fourth-order valence-electron chi connectivity index (χ4n) is 7.01. The summed E-state index contributed by atoms with van der Waals surface area (Å²) in [6.45, 7) is 3.74. The number of hydrogen-bond donors (Lipinski definition) is 1. The van der Waals surface area contributed by atoms with E-state index in [2.05, 4.69) is 22.5 Å². The highest BCUT2D eigenvalue weighted by atomic mass is 79.9. The molecule has 1 saturated carbocycles. The van der Waals surface area contributed by atoms with E-state index >= 15 is 0 Å². The maximum Gasteiger partial charge on any atom is 0.254 e. The molecule has 2 aromatic carbocycles. The number of methoxy groups -OCH3 is 1. The number of phenolic OH excluding ortho intramolecular Hbond substituents is 1. The summed E-state index contributed by atoms with van der Waals surface area (Å²) in [6, 6.07) is 11.5. The number of rotatable bonds is 5. The topological polar surface area (TPSA) is 104 Å². The molecule has 0 aromatic heterocycles. The molecule has 0 bridgehead atoms. The zero-order valence-electron chi connectivity index (χ0n) is 21.9. The van der Waals surface area contributed by atoms with Crippen LogP contribution in [0.2, 0.25) is 0 Å². The average molecular weight is 660 g/mol. The largest absolute Gasteiger partial charge is 0.508 e. The summed E-state index contributed by atoms with van der Waals surface area (Å²) in [6.07, 6.45) is 3.58. The zero-order valence-corrected chi connectivity index (χ0v) is 24.9. The molecule has 3 fully saturated rings. The van der Waals surface area contributed by atoms with E-state index in [1.165, 1.54) is 18.1 Å². The number of fused-ring (bicyclic) bond motifs is 4. The van der Waals surface area contributed by atoms with Crippen molar-refractivity contribution >= 4 is 74.5 Å². The third kappa shape index (κ3) is 3.64. The van der Waals surface area contributed by atoms with Crippen LogP contribution in [0.25, 0.3) is 6.08 Å². The molecule has 2 heterocycles. The van der Waals surface area contributed by atoms with E-state index in [0.29, 0.717) is 17.0 Å². The second-order valence-electron chi connectivity index (χ2n) is 10.7. The van der Waals surface area contributed by atoms with Crippen molar-refractivity contribution < 1.29 is 29.0 Å². The Morgan fingerprint density at radius 1 is 1.07 bits per heavy atom. The molecule has 2 aliphatic carbocycles. The first kappa shape index (κ1) is 28.0. The summed E-state index contributed by atoms with van der Waals surface area (Å²) >= 11 is 17.6. The number of hydrogen-bond acceptors (Lipinski definition) is 6. The first-order chi connectivity index (χ1) is 19.5. The number of carbonyl (C=O) groups is 4. The van der Waals surface area contributed by atoms with Gasteiger partial charge in [0.15, 0.2) is 9.75 Å². The quantitative estimate of drug-likeness (QED) is 0.211. The smallest absolute Gasteiger partial charge is 0.254 e. The number of halogens is 3. The van der Waals surface area contributed by atoms with E-state index in [1.54, 1.807) is 42.5 Å². The van der Waals surface area contributed by atoms with E-state index < -0.39 is 51.1 Å². The second-order valence-corrected chi connectivity index (χ2v) is 12.5. The minimum atomic E-state index is -1.99. The highest BCUT2D eigenvalue weighted by molar-refractivity contribution is 9.09. The molecular weight excluding hydrogens is 635 g/mol. The fraction of sp³-hybridized carbons (Fsp3) is 0.333. The van der Waals surface area contributed by atoms with Crippen molar-refractivity contribution in [2.24, 2.45) is 17.8 Å². The summed E-state index contributed by atoms with van der Waals surface area (Å²) in [4.78, 5) is 53.4. The molecule has 2 saturated heterocycles. The molecule has 8 nitrogen and oxygen atoms in total. The van der Waals surface area contributed by atoms with Crippen LogP contribution < -0.4 is 9.64 Å². The number of amides is 4. The number of ether oxygens (including phenoxy) is 1. The lowest BCUT2D eigenvalue weighted by molar-refractivity contribution is -0.138. The Morgan fingerprint density at radius 2 is 1.78 bits per heavy atom. The Balaban J connectivity index is 1.51. The van der Waals surface area contributed by atoms with Crippen LogP contribution >= 0.6 is 39.1 Å². The van der Waals surface area contributed by atoms with E-state index in [1.807, 2.05) is 6.08 Å². The number of alkyl halides is 3. The van der Waals surface area contributed by atoms with Gasteiger partial charge in [0.2, 0.25) is 11.8 Å². The van der Waals surface area contributed by atoms with Crippen LogP contribution in [0.1, 0.15) is 29.9 Å². The summed E-state index contributed by atoms with van der Waals surface area (Å²) in [5.74, 6) is -5.22. The molecule has 41 heavy (non-hydrogen) atoms. The van der Waals surface area contributed by atoms with Crippen LogP contribution in [0, 0.1) is 17.8 Å². The number of imide groups is 2. The molecule has 4 aliphatic rings. The predicted octanol–water partition coefficient (Wildman–Crippen LogP) is 4.96. The Labute approximate surface area is 254 Å². The average Bonchev–Trinajstić information content (AvgIpc) is 3.31. The van der Waals surface area contributed by atoms with Gasteiger partial charge in [-0.2, -0.15) is 0 Å². The number of carbonyl (C=O) groups excluding carboxylic acids is 4. The van der Waals surface area contributed by atoms with E-state index in [-0.39, 0.29) is 35.5 Å². The SMILES string of the molecule is C=Cc1ccc(N2C(=O)[C@H]3[C@H](CC=C4[C@H]3C[C@@]3(Cl)C(=O)N(CBr)C(=O)[C@@]3(Cl)[C@H]4c3ccc(OC)cc3O)C2=O)cc1. The molecule has 212 valence electrons. The molecule has 4 amide bonds. The van der Waals surface area contributed by atoms with Crippen LogP contribution in [0.5, 0.6) is 11.5 Å². The summed E-state index contributed by atoms with van der Waals surface area (Å²) in [7, 11) is 1.45. The van der Waals surface area contributed by atoms with Crippen LogP contribution in [0.4, 0.5) is 5.69 Å². The van der Waals surface area contributed by atoms with Gasteiger partial charge in [-0.1, -0.05) is 58.4 Å². The van der Waals surface area contributed by atoms with Gasteiger partial charge in [0, 0.05) is 17.5 Å². The third-order valence-electron chi connectivity index (χ3n) is 8.95. The number of likely N-dealkylation sites (tertiary alicyclic amines) is 1. The van der Waals surface area contributed by atoms with Crippen LogP contribution in [-0.4, -0.2) is 55.9 Å². The third-order valence-corrected chi connectivity index (χ3v) is 10.9. The van der Waals surface area contributed by atoms with Gasteiger partial charge in [0.25, 0.3) is 11.8 Å². The first-order valence-electron chi connectivity index (χ1n) is 13.0. The lowest BCUT2D eigenvalue weighted by atomic mass is 9.56. The molecular formula is C30H25BrCl2N2O6. The van der Waals surface area contributed by atoms with Gasteiger partial charge >= 0.3 is 0 Å². The van der Waals surface area contributed by atoms with E-state index in [9.17, 15) is 24.3 Å². The predicted molar refractivity (Wildman–Crippen MR) is 157 cm³/mol. The highest BCUT2D eigenvalue weighted by Crippen LogP contribution is 2.66. The molecule has 2 aromatic rings. The Hall–Kier alpha value is -3.14. The molecule has 0 radical (unpaired) electrons. The molecule has 2 aliphatic heterocycles. The fourth-order valence-corrected chi connectivity index (χ4v) is 8.42. The molecule has 1 N–H and O–H groups in total. The molecule has 0 spiro atoms. The van der Waals surface area contributed by atoms with Gasteiger partial charge in [-0.05, 0) is 42.5 Å². The zero-order chi connectivity index (χ0) is 29.4. The molecule has 6 rings (SSSR count). The minimum absolute atomic E-state index is 0.128. The van der Waals surface area contributed by atoms with Crippen LogP contribution in [0.3, 0.4) is 0 Å². The van der Waals surface area contributed by atoms with E-state index in [4.69, 9.17) is 27.9 Å². The monoisotopic (exact) mass is 658 g/mol. The minimum Gasteiger partial charge on any atom is -0.508 e. The number of allylic oxidation sites excluding steroid dienone is 2. The van der Waals surface area contributed by atoms with Crippen molar-refractivity contribution in [3.8, 4) is 11.5 Å². The highest BCUT2D eigenvalue weighted by Gasteiger charge is 2.76. The van der Waals surface area contributed by atoms with Crippen molar-refractivity contribution in [1.82, 2.24) is 4.90 Å². The normalized spacial score (nSPS) is 32.4. The standard InChI is InChI=1S/C30H25BrCl2N2O6/c1-3-15-4-6-16(7-5-15)35-25(37)20-11-10-18-21(23(20)26(35)38)13-29(32)27(39)34(14-31)28(40)30(29,33)24(18)19-9-8-17(41-2)12-22(19)36/h3-10,12,20-21,23-24,36H,1,11,13-14H2,2H3/t20-,21+,23-,24+,29+,30-/m0/s1. The van der Waals surface area contributed by atoms with Gasteiger partial charge in [0.1, 0.15) is 11.5 Å². The molecule has 11 heteroatoms. The first-order valence-corrected chi connectivity index (χ1v) is 14.9. The van der Waals surface area contributed by atoms with Gasteiger partial charge < -0.3 is 9.84 Å². The number of anilines is 1. The van der Waals surface area contributed by atoms with Crippen LogP contribution in [-0.2, 0) is 19.2 Å². The van der Waals surface area contributed by atoms with Crippen molar-refractivity contribution in [1.29, 1.82) is 0 Å². The Kier molecular flexibility index (Phi) is 6.63. The van der Waals surface area contributed by atoms with Crippen molar-refractivity contribution in [3.63, 3.8) is 0 Å². The maximum absolute atomic E-state index is 14.0. The van der Waals surface area contributed by atoms with Gasteiger partial charge in [-0.15, -0.1) is 23.2 Å². The summed E-state index contributed by atoms with van der Waals surface area (Å²) < 4.78 is 5.24. The second kappa shape index (κ2) is 9.71. The van der Waals surface area contributed by atoms with Crippen molar-refractivity contribution in [2.45, 2.75) is 28.5 Å². The summed E-state index contributed by atoms with van der Waals surface area (Å²) in [5, 5.41) is 11.1.